The third-order valence-electron chi connectivity index (χ3n) is 5.20. The summed E-state index contributed by atoms with van der Waals surface area (Å²) < 4.78 is 8.46. The van der Waals surface area contributed by atoms with Gasteiger partial charge in [0.2, 0.25) is 5.91 Å². The Balaban J connectivity index is 1.64. The summed E-state index contributed by atoms with van der Waals surface area (Å²) >= 11 is 8.90. The number of aromatic nitrogens is 1. The molecule has 3 rings (SSSR count). The fourth-order valence-corrected chi connectivity index (χ4v) is 6.02. The Morgan fingerprint density at radius 3 is 2.71 bits per heavy atom. The number of ether oxygens (including phenoxy) is 1. The van der Waals surface area contributed by atoms with Crippen LogP contribution in [0, 0.1) is 11.8 Å². The Labute approximate surface area is 196 Å². The van der Waals surface area contributed by atoms with Crippen molar-refractivity contribution in [2.24, 2.45) is 16.8 Å². The lowest BCUT2D eigenvalue weighted by Gasteiger charge is -2.35. The number of likely N-dealkylation sites (tertiary alicyclic amines) is 1. The van der Waals surface area contributed by atoms with E-state index in [1.807, 2.05) is 34.6 Å². The fourth-order valence-electron chi connectivity index (χ4n) is 3.97. The largest absolute Gasteiger partial charge is 0.380 e. The number of thiazole rings is 1. The molecule has 1 aromatic carbocycles. The van der Waals surface area contributed by atoms with Crippen molar-refractivity contribution in [3.05, 3.63) is 28.0 Å². The van der Waals surface area contributed by atoms with Gasteiger partial charge in [-0.2, -0.15) is 4.99 Å². The van der Waals surface area contributed by atoms with Crippen LogP contribution in [0.3, 0.4) is 0 Å². The molecule has 170 valence electrons. The molecule has 2 aromatic rings. The van der Waals surface area contributed by atoms with Crippen LogP contribution in [0.5, 0.6) is 0 Å². The number of hydrogen-bond donors (Lipinski definition) is 0. The molecule has 0 aliphatic carbocycles. The SMILES string of the molecule is CCOCCn1c(=NC(=O)CSCC(=O)N2CC(C)CC(C)C2)sc2cc(Cl)ccc21. The van der Waals surface area contributed by atoms with Crippen molar-refractivity contribution in [2.75, 3.05) is 37.8 Å². The molecule has 2 heterocycles. The first-order chi connectivity index (χ1) is 14.9. The molecule has 1 aliphatic heterocycles. The molecule has 0 bridgehead atoms. The molecule has 2 amide bonds. The van der Waals surface area contributed by atoms with E-state index in [0.29, 0.717) is 47.2 Å². The summed E-state index contributed by atoms with van der Waals surface area (Å²) in [5.41, 5.74) is 0.983. The number of nitrogens with zero attached hydrogens (tertiary/aromatic N) is 3. The van der Waals surface area contributed by atoms with E-state index in [0.717, 1.165) is 29.7 Å². The first-order valence-corrected chi connectivity index (χ1v) is 13.0. The van der Waals surface area contributed by atoms with Crippen LogP contribution < -0.4 is 4.80 Å². The maximum Gasteiger partial charge on any atom is 0.258 e. The molecule has 0 spiro atoms. The normalized spacial score (nSPS) is 19.9. The van der Waals surface area contributed by atoms with E-state index in [1.54, 1.807) is 0 Å². The van der Waals surface area contributed by atoms with Gasteiger partial charge in [-0.25, -0.2) is 0 Å². The van der Waals surface area contributed by atoms with Crippen LogP contribution in [0.2, 0.25) is 5.02 Å². The lowest BCUT2D eigenvalue weighted by atomic mass is 9.92. The lowest BCUT2D eigenvalue weighted by molar-refractivity contribution is -0.130. The number of benzene rings is 1. The minimum Gasteiger partial charge on any atom is -0.380 e. The number of carbonyl (C=O) groups is 2. The van der Waals surface area contributed by atoms with Crippen molar-refractivity contribution in [2.45, 2.75) is 33.7 Å². The van der Waals surface area contributed by atoms with Crippen LogP contribution in [-0.2, 0) is 20.9 Å². The number of amides is 2. The van der Waals surface area contributed by atoms with E-state index in [-0.39, 0.29) is 17.6 Å². The van der Waals surface area contributed by atoms with E-state index in [9.17, 15) is 9.59 Å². The van der Waals surface area contributed by atoms with Gasteiger partial charge in [0.15, 0.2) is 4.80 Å². The predicted molar refractivity (Wildman–Crippen MR) is 129 cm³/mol. The maximum absolute atomic E-state index is 12.5. The van der Waals surface area contributed by atoms with Crippen molar-refractivity contribution in [1.82, 2.24) is 9.47 Å². The molecule has 0 N–H and O–H groups in total. The van der Waals surface area contributed by atoms with E-state index in [2.05, 4.69) is 18.8 Å². The molecule has 1 saturated heterocycles. The lowest BCUT2D eigenvalue weighted by Crippen LogP contribution is -2.43. The number of carbonyl (C=O) groups excluding carboxylic acids is 2. The Kier molecular flexibility index (Phi) is 9.01. The van der Waals surface area contributed by atoms with Crippen molar-refractivity contribution >= 4 is 56.7 Å². The highest BCUT2D eigenvalue weighted by molar-refractivity contribution is 8.00. The number of rotatable bonds is 8. The van der Waals surface area contributed by atoms with Gasteiger partial charge in [0.25, 0.3) is 5.91 Å². The summed E-state index contributed by atoms with van der Waals surface area (Å²) in [6.07, 6.45) is 1.16. The standard InChI is InChI=1S/C22H30ClN3O3S2/c1-4-29-8-7-26-18-6-5-17(23)10-19(18)31-22(26)24-20(27)13-30-14-21(28)25-11-15(2)9-16(3)12-25/h5-6,10,15-16H,4,7-9,11-14H2,1-3H3. The van der Waals surface area contributed by atoms with Crippen molar-refractivity contribution in [3.8, 4) is 0 Å². The first-order valence-electron chi connectivity index (χ1n) is 10.7. The molecule has 0 radical (unpaired) electrons. The van der Waals surface area contributed by atoms with Crippen LogP contribution in [0.1, 0.15) is 27.2 Å². The number of halogens is 1. The summed E-state index contributed by atoms with van der Waals surface area (Å²) in [5, 5.41) is 0.652. The topological polar surface area (TPSA) is 63.9 Å². The zero-order valence-corrected chi connectivity index (χ0v) is 20.7. The van der Waals surface area contributed by atoms with Gasteiger partial charge < -0.3 is 14.2 Å². The number of hydrogen-bond acceptors (Lipinski definition) is 5. The van der Waals surface area contributed by atoms with Gasteiger partial charge in [0.1, 0.15) is 0 Å². The van der Waals surface area contributed by atoms with Crippen LogP contribution in [-0.4, -0.2) is 59.1 Å². The Morgan fingerprint density at radius 1 is 1.26 bits per heavy atom. The van der Waals surface area contributed by atoms with Gasteiger partial charge in [-0.15, -0.1) is 11.8 Å². The van der Waals surface area contributed by atoms with Crippen LogP contribution >= 0.6 is 34.7 Å². The molecule has 0 saturated carbocycles. The third-order valence-corrected chi connectivity index (χ3v) is 7.38. The molecule has 31 heavy (non-hydrogen) atoms. The quantitative estimate of drug-likeness (QED) is 0.531. The van der Waals surface area contributed by atoms with Crippen LogP contribution in [0.4, 0.5) is 0 Å². The maximum atomic E-state index is 12.5. The molecule has 1 aliphatic rings. The second-order valence-corrected chi connectivity index (χ2v) is 10.5. The summed E-state index contributed by atoms with van der Waals surface area (Å²) in [6.45, 7) is 9.74. The summed E-state index contributed by atoms with van der Waals surface area (Å²) in [5.74, 6) is 1.43. The fraction of sp³-hybridized carbons (Fsp3) is 0.591. The number of piperidine rings is 1. The molecular formula is C22H30ClN3O3S2. The average Bonchev–Trinajstić information content (AvgIpc) is 3.03. The van der Waals surface area contributed by atoms with Gasteiger partial charge >= 0.3 is 0 Å². The Morgan fingerprint density at radius 2 is 2.00 bits per heavy atom. The van der Waals surface area contributed by atoms with Crippen molar-refractivity contribution in [1.29, 1.82) is 0 Å². The molecule has 9 heteroatoms. The molecule has 2 unspecified atom stereocenters. The summed E-state index contributed by atoms with van der Waals surface area (Å²) in [6, 6.07) is 5.66. The van der Waals surface area contributed by atoms with E-state index in [4.69, 9.17) is 16.3 Å². The van der Waals surface area contributed by atoms with Crippen molar-refractivity contribution in [3.63, 3.8) is 0 Å². The van der Waals surface area contributed by atoms with Gasteiger partial charge in [-0.1, -0.05) is 36.8 Å². The van der Waals surface area contributed by atoms with E-state index >= 15 is 0 Å². The van der Waals surface area contributed by atoms with Crippen LogP contribution in [0.15, 0.2) is 23.2 Å². The molecule has 1 fully saturated rings. The minimum absolute atomic E-state index is 0.111. The Bertz CT molecular complexity index is 978. The summed E-state index contributed by atoms with van der Waals surface area (Å²) in [7, 11) is 0. The second kappa shape index (κ2) is 11.5. The van der Waals surface area contributed by atoms with E-state index in [1.165, 1.54) is 23.1 Å². The highest BCUT2D eigenvalue weighted by atomic mass is 35.5. The molecule has 2 atom stereocenters. The predicted octanol–water partition coefficient (Wildman–Crippen LogP) is 4.06. The Hall–Kier alpha value is -1.35. The smallest absolute Gasteiger partial charge is 0.258 e. The highest BCUT2D eigenvalue weighted by Gasteiger charge is 2.25. The number of fused-ring (bicyclic) bond motifs is 1. The summed E-state index contributed by atoms with van der Waals surface area (Å²) in [4.78, 5) is 31.9. The van der Waals surface area contributed by atoms with E-state index < -0.39 is 0 Å². The highest BCUT2D eigenvalue weighted by Crippen LogP contribution is 2.23. The molecule has 6 nitrogen and oxygen atoms in total. The number of thioether (sulfide) groups is 1. The first kappa shape index (κ1) is 24.3. The monoisotopic (exact) mass is 483 g/mol. The molecule has 1 aromatic heterocycles. The molecular weight excluding hydrogens is 454 g/mol. The van der Waals surface area contributed by atoms with Gasteiger partial charge in [-0.3, -0.25) is 9.59 Å². The van der Waals surface area contributed by atoms with Gasteiger partial charge in [0.05, 0.1) is 28.3 Å². The van der Waals surface area contributed by atoms with Gasteiger partial charge in [0, 0.05) is 31.3 Å². The van der Waals surface area contributed by atoms with Crippen molar-refractivity contribution < 1.29 is 14.3 Å². The van der Waals surface area contributed by atoms with Crippen LogP contribution in [0.25, 0.3) is 10.2 Å². The zero-order chi connectivity index (χ0) is 22.4. The van der Waals surface area contributed by atoms with Gasteiger partial charge in [-0.05, 0) is 43.4 Å². The third kappa shape index (κ3) is 6.81. The second-order valence-electron chi connectivity index (χ2n) is 8.09. The zero-order valence-electron chi connectivity index (χ0n) is 18.3. The average molecular weight is 484 g/mol. The minimum atomic E-state index is -0.235.